The van der Waals surface area contributed by atoms with Gasteiger partial charge in [-0.3, -0.25) is 10.8 Å². The first-order chi connectivity index (χ1) is 8.59. The molecule has 0 fully saturated rings. The summed E-state index contributed by atoms with van der Waals surface area (Å²) in [7, 11) is 0. The molecule has 0 heterocycles. The van der Waals surface area contributed by atoms with Crippen LogP contribution in [0.15, 0.2) is 58.2 Å². The van der Waals surface area contributed by atoms with Crippen molar-refractivity contribution in [2.45, 2.75) is 12.1 Å². The normalized spacial score (nSPS) is 27.6. The smallest absolute Gasteiger partial charge is 0.138 e. The standard InChI is InChI=1S/C12H12N4O2/c13-11-7(3-1-5-9(11)17)15-16-8-4-2-6-10(18)12(8)14/h1-8,13-14,17-18H. The third-order valence-corrected chi connectivity index (χ3v) is 2.55. The summed E-state index contributed by atoms with van der Waals surface area (Å²) in [5, 5.41) is 41.7. The summed E-state index contributed by atoms with van der Waals surface area (Å²) in [6.45, 7) is 0. The van der Waals surface area contributed by atoms with Gasteiger partial charge in [0, 0.05) is 0 Å². The second kappa shape index (κ2) is 4.79. The first kappa shape index (κ1) is 12.0. The van der Waals surface area contributed by atoms with Crippen LogP contribution in [-0.4, -0.2) is 33.7 Å². The molecule has 0 bridgehead atoms. The Morgan fingerprint density at radius 1 is 0.833 bits per heavy atom. The topological polar surface area (TPSA) is 113 Å². The molecule has 0 saturated heterocycles. The van der Waals surface area contributed by atoms with Gasteiger partial charge in [-0.05, 0) is 12.2 Å². The highest BCUT2D eigenvalue weighted by molar-refractivity contribution is 6.03. The Morgan fingerprint density at radius 3 is 1.61 bits per heavy atom. The fourth-order valence-electron chi connectivity index (χ4n) is 1.52. The minimum Gasteiger partial charge on any atom is -0.506 e. The highest BCUT2D eigenvalue weighted by Crippen LogP contribution is 2.14. The van der Waals surface area contributed by atoms with Crippen LogP contribution in [-0.2, 0) is 0 Å². The van der Waals surface area contributed by atoms with E-state index in [1.54, 1.807) is 24.3 Å². The zero-order valence-electron chi connectivity index (χ0n) is 9.41. The highest BCUT2D eigenvalue weighted by Gasteiger charge is 2.20. The summed E-state index contributed by atoms with van der Waals surface area (Å²) in [5.74, 6) is -0.281. The van der Waals surface area contributed by atoms with Crippen molar-refractivity contribution in [3.63, 3.8) is 0 Å². The van der Waals surface area contributed by atoms with Crippen molar-refractivity contribution in [1.29, 1.82) is 10.8 Å². The van der Waals surface area contributed by atoms with E-state index in [0.717, 1.165) is 0 Å². The van der Waals surface area contributed by atoms with Crippen molar-refractivity contribution >= 4 is 11.4 Å². The number of aliphatic hydroxyl groups excluding tert-OH is 2. The minimum absolute atomic E-state index is 0.0349. The second-order valence-electron chi connectivity index (χ2n) is 3.82. The van der Waals surface area contributed by atoms with E-state index < -0.39 is 12.1 Å². The Bertz CT molecular complexity index is 492. The molecule has 0 aliphatic heterocycles. The van der Waals surface area contributed by atoms with E-state index in [1.165, 1.54) is 12.2 Å². The monoisotopic (exact) mass is 244 g/mol. The predicted molar refractivity (Wildman–Crippen MR) is 67.6 cm³/mol. The average Bonchev–Trinajstić information content (AvgIpc) is 2.36. The molecular weight excluding hydrogens is 232 g/mol. The zero-order chi connectivity index (χ0) is 13.1. The van der Waals surface area contributed by atoms with E-state index >= 15 is 0 Å². The van der Waals surface area contributed by atoms with E-state index in [0.29, 0.717) is 0 Å². The Labute approximate surface area is 103 Å². The van der Waals surface area contributed by atoms with Gasteiger partial charge in [0.2, 0.25) is 0 Å². The molecule has 6 nitrogen and oxygen atoms in total. The van der Waals surface area contributed by atoms with Gasteiger partial charge in [-0.2, -0.15) is 10.2 Å². The summed E-state index contributed by atoms with van der Waals surface area (Å²) in [5.41, 5.74) is -0.0698. The molecule has 0 amide bonds. The van der Waals surface area contributed by atoms with Gasteiger partial charge in [-0.15, -0.1) is 0 Å². The number of hydrogen-bond donors (Lipinski definition) is 4. The summed E-state index contributed by atoms with van der Waals surface area (Å²) < 4.78 is 0. The van der Waals surface area contributed by atoms with Crippen LogP contribution in [0.1, 0.15) is 0 Å². The van der Waals surface area contributed by atoms with Crippen molar-refractivity contribution in [3.05, 3.63) is 48.0 Å². The van der Waals surface area contributed by atoms with Crippen molar-refractivity contribution in [1.82, 2.24) is 0 Å². The fourth-order valence-corrected chi connectivity index (χ4v) is 1.52. The molecule has 0 aromatic rings. The molecule has 2 aliphatic carbocycles. The SMILES string of the molecule is N=C1C(O)=CC=CC1N=NC1C=CC=C(O)C1=N. The van der Waals surface area contributed by atoms with Gasteiger partial charge in [-0.1, -0.05) is 24.3 Å². The Kier molecular flexibility index (Phi) is 3.18. The van der Waals surface area contributed by atoms with Gasteiger partial charge in [-0.25, -0.2) is 0 Å². The van der Waals surface area contributed by atoms with Crippen LogP contribution < -0.4 is 0 Å². The minimum atomic E-state index is -0.649. The van der Waals surface area contributed by atoms with E-state index in [4.69, 9.17) is 10.8 Å². The van der Waals surface area contributed by atoms with Gasteiger partial charge in [0.25, 0.3) is 0 Å². The van der Waals surface area contributed by atoms with Gasteiger partial charge in [0.05, 0.1) is 0 Å². The maximum atomic E-state index is 9.36. The van der Waals surface area contributed by atoms with Crippen LogP contribution in [0.5, 0.6) is 0 Å². The van der Waals surface area contributed by atoms with Crippen LogP contribution in [0.2, 0.25) is 0 Å². The van der Waals surface area contributed by atoms with Crippen LogP contribution in [0.4, 0.5) is 0 Å². The lowest BCUT2D eigenvalue weighted by Gasteiger charge is -2.14. The maximum Gasteiger partial charge on any atom is 0.138 e. The van der Waals surface area contributed by atoms with E-state index in [1.807, 2.05) is 0 Å². The van der Waals surface area contributed by atoms with Crippen molar-refractivity contribution in [2.24, 2.45) is 10.2 Å². The molecular formula is C12H12N4O2. The van der Waals surface area contributed by atoms with Crippen LogP contribution in [0.3, 0.4) is 0 Å². The van der Waals surface area contributed by atoms with Crippen LogP contribution in [0.25, 0.3) is 0 Å². The first-order valence-electron chi connectivity index (χ1n) is 5.32. The number of nitrogens with one attached hydrogen (secondary N) is 2. The molecule has 0 saturated carbocycles. The quantitative estimate of drug-likeness (QED) is 0.558. The maximum absolute atomic E-state index is 9.36. The van der Waals surface area contributed by atoms with E-state index in [-0.39, 0.29) is 22.9 Å². The molecule has 2 unspecified atom stereocenters. The van der Waals surface area contributed by atoms with Gasteiger partial charge in [0.15, 0.2) is 0 Å². The lowest BCUT2D eigenvalue weighted by molar-refractivity contribution is 0.436. The summed E-state index contributed by atoms with van der Waals surface area (Å²) in [6.07, 6.45) is 9.25. The number of azo groups is 1. The molecule has 2 atom stereocenters. The Morgan fingerprint density at radius 2 is 1.22 bits per heavy atom. The highest BCUT2D eigenvalue weighted by atomic mass is 16.3. The summed E-state index contributed by atoms with van der Waals surface area (Å²) in [4.78, 5) is 0. The molecule has 0 spiro atoms. The molecule has 0 radical (unpaired) electrons. The van der Waals surface area contributed by atoms with E-state index in [2.05, 4.69) is 10.2 Å². The number of rotatable bonds is 2. The fraction of sp³-hybridized carbons (Fsp3) is 0.167. The van der Waals surface area contributed by atoms with Gasteiger partial charge in [0.1, 0.15) is 35.0 Å². The van der Waals surface area contributed by atoms with E-state index in [9.17, 15) is 10.2 Å². The molecule has 0 aromatic heterocycles. The third kappa shape index (κ3) is 2.27. The zero-order valence-corrected chi connectivity index (χ0v) is 9.41. The predicted octanol–water partition coefficient (Wildman–Crippen LogP) is 2.24. The van der Waals surface area contributed by atoms with Crippen molar-refractivity contribution in [2.75, 3.05) is 0 Å². The summed E-state index contributed by atoms with van der Waals surface area (Å²) >= 11 is 0. The number of allylic oxidation sites excluding steroid dienone is 4. The Balaban J connectivity index is 2.09. The number of nitrogens with zero attached hydrogens (tertiary/aromatic N) is 2. The number of hydrogen-bond acceptors (Lipinski definition) is 6. The van der Waals surface area contributed by atoms with Crippen LogP contribution in [0, 0.1) is 10.8 Å². The average molecular weight is 244 g/mol. The molecule has 2 aliphatic rings. The molecule has 2 rings (SSSR count). The molecule has 18 heavy (non-hydrogen) atoms. The van der Waals surface area contributed by atoms with Gasteiger partial charge < -0.3 is 10.2 Å². The molecule has 4 N–H and O–H groups in total. The molecule has 6 heteroatoms. The third-order valence-electron chi connectivity index (χ3n) is 2.55. The largest absolute Gasteiger partial charge is 0.506 e. The second-order valence-corrected chi connectivity index (χ2v) is 3.82. The lowest BCUT2D eigenvalue weighted by atomic mass is 10.1. The van der Waals surface area contributed by atoms with Crippen molar-refractivity contribution < 1.29 is 10.2 Å². The molecule has 92 valence electrons. The van der Waals surface area contributed by atoms with Gasteiger partial charge >= 0.3 is 0 Å². The Hall–Kier alpha value is -2.50. The lowest BCUT2D eigenvalue weighted by Crippen LogP contribution is -2.22. The first-order valence-corrected chi connectivity index (χ1v) is 5.32. The molecule has 0 aromatic carbocycles. The number of aliphatic hydroxyl groups is 2. The summed E-state index contributed by atoms with van der Waals surface area (Å²) in [6, 6.07) is -1.30. The van der Waals surface area contributed by atoms with Crippen LogP contribution >= 0.6 is 0 Å². The van der Waals surface area contributed by atoms with Crippen molar-refractivity contribution in [3.8, 4) is 0 Å².